The highest BCUT2D eigenvalue weighted by atomic mass is 32.2. The number of nitrogens with two attached hydrogens (primary N) is 1. The standard InChI is InChI=1S/C11H12N6O4S/c1-22(20,21)17-8(12)9(15-16-11(17)13)14-7-4-2-6(3-5-7)10(18)19/h2-5,12H,1H3,(H2,13,16)(H,14,15)(H,18,19). The van der Waals surface area contributed by atoms with Crippen molar-refractivity contribution < 1.29 is 18.3 Å². The van der Waals surface area contributed by atoms with Gasteiger partial charge in [0.2, 0.25) is 16.0 Å². The van der Waals surface area contributed by atoms with Crippen LogP contribution >= 0.6 is 0 Å². The van der Waals surface area contributed by atoms with Gasteiger partial charge in [-0.25, -0.2) is 13.2 Å². The monoisotopic (exact) mass is 324 g/mol. The van der Waals surface area contributed by atoms with Gasteiger partial charge in [-0.05, 0) is 24.3 Å². The summed E-state index contributed by atoms with van der Waals surface area (Å²) < 4.78 is 23.7. The highest BCUT2D eigenvalue weighted by Crippen LogP contribution is 2.13. The zero-order valence-electron chi connectivity index (χ0n) is 11.3. The molecule has 11 heteroatoms. The number of carboxylic acids is 1. The van der Waals surface area contributed by atoms with Gasteiger partial charge in [-0.15, -0.1) is 10.2 Å². The van der Waals surface area contributed by atoms with Gasteiger partial charge in [-0.3, -0.25) is 5.41 Å². The first kappa shape index (κ1) is 15.4. The van der Waals surface area contributed by atoms with Crippen LogP contribution in [0.2, 0.25) is 0 Å². The topological polar surface area (TPSA) is 164 Å². The van der Waals surface area contributed by atoms with Crippen molar-refractivity contribution >= 4 is 33.4 Å². The van der Waals surface area contributed by atoms with Crippen LogP contribution in [-0.2, 0) is 10.0 Å². The van der Waals surface area contributed by atoms with Gasteiger partial charge in [-0.2, -0.15) is 3.97 Å². The number of rotatable bonds is 4. The third kappa shape index (κ3) is 3.03. The third-order valence-electron chi connectivity index (χ3n) is 2.61. The van der Waals surface area contributed by atoms with Gasteiger partial charge in [0.1, 0.15) is 0 Å². The number of anilines is 3. The summed E-state index contributed by atoms with van der Waals surface area (Å²) in [7, 11) is -3.81. The lowest BCUT2D eigenvalue weighted by Gasteiger charge is -2.10. The fourth-order valence-electron chi connectivity index (χ4n) is 1.65. The molecule has 116 valence electrons. The summed E-state index contributed by atoms with van der Waals surface area (Å²) in [4.78, 5) is 10.8. The van der Waals surface area contributed by atoms with Crippen LogP contribution in [0.3, 0.4) is 0 Å². The van der Waals surface area contributed by atoms with E-state index in [1.807, 2.05) is 0 Å². The summed E-state index contributed by atoms with van der Waals surface area (Å²) in [5.74, 6) is -1.64. The maximum Gasteiger partial charge on any atom is 0.335 e. The van der Waals surface area contributed by atoms with Crippen molar-refractivity contribution in [3.8, 4) is 0 Å². The number of nitrogens with one attached hydrogen (secondary N) is 2. The fourth-order valence-corrected chi connectivity index (χ4v) is 2.45. The molecule has 0 spiro atoms. The first-order chi connectivity index (χ1) is 10.2. The molecule has 0 saturated carbocycles. The number of hydrogen-bond donors (Lipinski definition) is 4. The van der Waals surface area contributed by atoms with Gasteiger partial charge >= 0.3 is 5.97 Å². The van der Waals surface area contributed by atoms with Crippen LogP contribution < -0.4 is 16.5 Å². The number of nitrogens with zero attached hydrogens (tertiary/aromatic N) is 3. The molecule has 0 aliphatic heterocycles. The van der Waals surface area contributed by atoms with E-state index in [4.69, 9.17) is 16.2 Å². The molecule has 10 nitrogen and oxygen atoms in total. The van der Waals surface area contributed by atoms with Crippen LogP contribution in [0, 0.1) is 5.41 Å². The van der Waals surface area contributed by atoms with E-state index in [9.17, 15) is 13.2 Å². The zero-order chi connectivity index (χ0) is 16.5. The van der Waals surface area contributed by atoms with Crippen LogP contribution in [0.5, 0.6) is 0 Å². The van der Waals surface area contributed by atoms with Gasteiger partial charge in [0, 0.05) is 5.69 Å². The predicted molar refractivity (Wildman–Crippen MR) is 77.2 cm³/mol. The molecule has 1 aromatic heterocycles. The Balaban J connectivity index is 2.43. The van der Waals surface area contributed by atoms with E-state index in [1.54, 1.807) is 0 Å². The molecule has 0 aliphatic rings. The van der Waals surface area contributed by atoms with Crippen LogP contribution in [0.1, 0.15) is 10.4 Å². The molecule has 0 atom stereocenters. The summed E-state index contributed by atoms with van der Waals surface area (Å²) in [6, 6.07) is 5.60. The number of nitrogen functional groups attached to an aromatic ring is 1. The van der Waals surface area contributed by atoms with E-state index in [2.05, 4.69) is 15.5 Å². The minimum absolute atomic E-state index is 0.0891. The molecule has 0 amide bonds. The number of carboxylic acid groups (broad SMARTS) is 1. The largest absolute Gasteiger partial charge is 0.478 e. The van der Waals surface area contributed by atoms with Gasteiger partial charge in [0.15, 0.2) is 11.3 Å². The molecular formula is C11H12N6O4S. The molecular weight excluding hydrogens is 312 g/mol. The summed E-state index contributed by atoms with van der Waals surface area (Å²) in [5, 5.41) is 26.5. The molecule has 0 bridgehead atoms. The summed E-state index contributed by atoms with van der Waals surface area (Å²) in [6.45, 7) is 0. The van der Waals surface area contributed by atoms with Crippen molar-refractivity contribution in [1.82, 2.24) is 14.2 Å². The van der Waals surface area contributed by atoms with Crippen LogP contribution in [0.4, 0.5) is 17.5 Å². The Kier molecular flexibility index (Phi) is 3.82. The highest BCUT2D eigenvalue weighted by molar-refractivity contribution is 7.89. The average Bonchev–Trinajstić information content (AvgIpc) is 2.41. The Morgan fingerprint density at radius 3 is 2.41 bits per heavy atom. The number of aromatic carboxylic acids is 1. The quantitative estimate of drug-likeness (QED) is 0.589. The van der Waals surface area contributed by atoms with Gasteiger partial charge < -0.3 is 16.2 Å². The molecule has 0 saturated heterocycles. The van der Waals surface area contributed by atoms with E-state index in [1.165, 1.54) is 24.3 Å². The van der Waals surface area contributed by atoms with E-state index in [0.717, 1.165) is 6.26 Å². The lowest BCUT2D eigenvalue weighted by Crippen LogP contribution is -2.32. The number of aromatic nitrogens is 3. The van der Waals surface area contributed by atoms with Crippen molar-refractivity contribution in [2.45, 2.75) is 0 Å². The minimum Gasteiger partial charge on any atom is -0.478 e. The van der Waals surface area contributed by atoms with Gasteiger partial charge in [-0.1, -0.05) is 0 Å². The second-order valence-corrected chi connectivity index (χ2v) is 6.12. The Labute approximate surface area is 124 Å². The number of benzene rings is 1. The number of hydrogen-bond acceptors (Lipinski definition) is 8. The molecule has 2 rings (SSSR count). The molecule has 0 fully saturated rings. The maximum atomic E-state index is 11.6. The third-order valence-corrected chi connectivity index (χ3v) is 3.65. The second kappa shape index (κ2) is 5.44. The normalized spacial score (nSPS) is 11.1. The molecule has 1 aromatic carbocycles. The SMILES string of the molecule is CS(=O)(=O)n1c(N)nnc(Nc2ccc(C(=O)O)cc2)c1=N. The lowest BCUT2D eigenvalue weighted by atomic mass is 10.2. The average molecular weight is 324 g/mol. The van der Waals surface area contributed by atoms with Crippen LogP contribution in [0.15, 0.2) is 24.3 Å². The zero-order valence-corrected chi connectivity index (χ0v) is 12.1. The highest BCUT2D eigenvalue weighted by Gasteiger charge is 2.15. The van der Waals surface area contributed by atoms with Crippen LogP contribution in [-0.4, -0.2) is 39.9 Å². The maximum absolute atomic E-state index is 11.6. The van der Waals surface area contributed by atoms with E-state index in [0.29, 0.717) is 9.66 Å². The van der Waals surface area contributed by atoms with Crippen molar-refractivity contribution in [2.75, 3.05) is 17.3 Å². The predicted octanol–water partition coefficient (Wildman–Crippen LogP) is -0.411. The molecule has 2 aromatic rings. The Morgan fingerprint density at radius 1 is 1.32 bits per heavy atom. The first-order valence-electron chi connectivity index (χ1n) is 5.81. The number of carbonyl (C=O) groups is 1. The molecule has 5 N–H and O–H groups in total. The molecule has 1 heterocycles. The lowest BCUT2D eigenvalue weighted by molar-refractivity contribution is 0.0697. The summed E-state index contributed by atoms with van der Waals surface area (Å²) in [5.41, 5.74) is 5.44. The van der Waals surface area contributed by atoms with Gasteiger partial charge in [0.05, 0.1) is 11.8 Å². The Hall–Kier alpha value is -2.95. The van der Waals surface area contributed by atoms with E-state index < -0.39 is 27.4 Å². The van der Waals surface area contributed by atoms with Gasteiger partial charge in [0.25, 0.3) is 0 Å². The van der Waals surface area contributed by atoms with Crippen molar-refractivity contribution in [3.05, 3.63) is 35.3 Å². The van der Waals surface area contributed by atoms with Crippen molar-refractivity contribution in [2.24, 2.45) is 0 Å². The molecule has 22 heavy (non-hydrogen) atoms. The summed E-state index contributed by atoms with van der Waals surface area (Å²) in [6.07, 6.45) is 0.883. The minimum atomic E-state index is -3.81. The van der Waals surface area contributed by atoms with Crippen LogP contribution in [0.25, 0.3) is 0 Å². The van der Waals surface area contributed by atoms with E-state index in [-0.39, 0.29) is 11.4 Å². The van der Waals surface area contributed by atoms with Crippen molar-refractivity contribution in [1.29, 1.82) is 5.41 Å². The Bertz CT molecular complexity index is 888. The van der Waals surface area contributed by atoms with E-state index >= 15 is 0 Å². The molecule has 0 aliphatic carbocycles. The Morgan fingerprint density at radius 2 is 1.91 bits per heavy atom. The molecule has 0 radical (unpaired) electrons. The summed E-state index contributed by atoms with van der Waals surface area (Å²) >= 11 is 0. The second-order valence-electron chi connectivity index (χ2n) is 4.29. The first-order valence-corrected chi connectivity index (χ1v) is 7.65. The van der Waals surface area contributed by atoms with Crippen molar-refractivity contribution in [3.63, 3.8) is 0 Å². The fraction of sp³-hybridized carbons (Fsp3) is 0.0909. The smallest absolute Gasteiger partial charge is 0.335 e. The molecule has 0 unspecified atom stereocenters.